The Morgan fingerprint density at radius 3 is 1.55 bits per heavy atom. The summed E-state index contributed by atoms with van der Waals surface area (Å²) in [5.74, 6) is 1.35. The molecule has 4 aromatic rings. The Bertz CT molecular complexity index is 773. The molecule has 20 heavy (non-hydrogen) atoms. The molecule has 0 radical (unpaired) electrons. The van der Waals surface area contributed by atoms with E-state index in [4.69, 9.17) is 11.5 Å². The molecule has 0 spiro atoms. The quantitative estimate of drug-likeness (QED) is 0.508. The zero-order valence-corrected chi connectivity index (χ0v) is 10.7. The van der Waals surface area contributed by atoms with Crippen LogP contribution in [0, 0.1) is 0 Å². The minimum Gasteiger partial charge on any atom is -0.383 e. The number of imidazole rings is 2. The van der Waals surface area contributed by atoms with Gasteiger partial charge in [-0.25, -0.2) is 9.97 Å². The standard InChI is InChI=1S/2C7H7N3/c2*8-6-5-9-7-3-1-2-4-10(6)7/h2*1-5H,8H2. The molecule has 0 aliphatic heterocycles. The van der Waals surface area contributed by atoms with Crippen molar-refractivity contribution in [2.45, 2.75) is 0 Å². The van der Waals surface area contributed by atoms with Gasteiger partial charge in [0.1, 0.15) is 22.9 Å². The highest BCUT2D eigenvalue weighted by molar-refractivity contribution is 5.47. The highest BCUT2D eigenvalue weighted by Crippen LogP contribution is 2.06. The first-order valence-corrected chi connectivity index (χ1v) is 6.11. The van der Waals surface area contributed by atoms with Crippen LogP contribution in [0.5, 0.6) is 0 Å². The first-order valence-electron chi connectivity index (χ1n) is 6.11. The smallest absolute Gasteiger partial charge is 0.138 e. The SMILES string of the molecule is Nc1cnc2ccccn12.Nc1cnc2ccccn12. The van der Waals surface area contributed by atoms with Gasteiger partial charge >= 0.3 is 0 Å². The average Bonchev–Trinajstić information content (AvgIpc) is 3.05. The van der Waals surface area contributed by atoms with Gasteiger partial charge in [0.05, 0.1) is 12.4 Å². The van der Waals surface area contributed by atoms with E-state index in [1.165, 1.54) is 0 Å². The van der Waals surface area contributed by atoms with Crippen molar-refractivity contribution in [3.63, 3.8) is 0 Å². The number of nitrogens with zero attached hydrogens (tertiary/aromatic N) is 4. The molecule has 0 unspecified atom stereocenters. The van der Waals surface area contributed by atoms with Crippen molar-refractivity contribution in [1.29, 1.82) is 0 Å². The van der Waals surface area contributed by atoms with Gasteiger partial charge in [0, 0.05) is 12.4 Å². The van der Waals surface area contributed by atoms with E-state index in [1.54, 1.807) is 12.4 Å². The van der Waals surface area contributed by atoms with E-state index in [0.717, 1.165) is 11.3 Å². The average molecular weight is 266 g/mol. The van der Waals surface area contributed by atoms with Gasteiger partial charge in [-0.15, -0.1) is 0 Å². The highest BCUT2D eigenvalue weighted by Gasteiger charge is 1.94. The van der Waals surface area contributed by atoms with Crippen molar-refractivity contribution in [1.82, 2.24) is 18.8 Å². The lowest BCUT2D eigenvalue weighted by atomic mass is 10.5. The minimum atomic E-state index is 0.676. The van der Waals surface area contributed by atoms with Gasteiger partial charge in [-0.05, 0) is 24.3 Å². The van der Waals surface area contributed by atoms with E-state index in [2.05, 4.69) is 9.97 Å². The monoisotopic (exact) mass is 266 g/mol. The molecule has 4 rings (SSSR count). The summed E-state index contributed by atoms with van der Waals surface area (Å²) in [6.45, 7) is 0. The Hall–Kier alpha value is -3.02. The van der Waals surface area contributed by atoms with E-state index in [-0.39, 0.29) is 0 Å². The fourth-order valence-electron chi connectivity index (χ4n) is 1.90. The first kappa shape index (κ1) is 12.0. The number of nitrogens with two attached hydrogens (primary N) is 2. The molecule has 0 aliphatic carbocycles. The van der Waals surface area contributed by atoms with E-state index >= 15 is 0 Å². The third-order valence-corrected chi connectivity index (χ3v) is 2.89. The molecule has 0 bridgehead atoms. The summed E-state index contributed by atoms with van der Waals surface area (Å²) in [6, 6.07) is 11.5. The second kappa shape index (κ2) is 4.93. The highest BCUT2D eigenvalue weighted by atomic mass is 15.1. The molecule has 0 aliphatic rings. The zero-order chi connectivity index (χ0) is 13.9. The number of pyridine rings is 2. The molecular weight excluding hydrogens is 252 g/mol. The molecule has 6 heteroatoms. The number of fused-ring (bicyclic) bond motifs is 2. The number of rotatable bonds is 0. The van der Waals surface area contributed by atoms with E-state index in [9.17, 15) is 0 Å². The summed E-state index contributed by atoms with van der Waals surface area (Å²) in [6.07, 6.45) is 7.07. The largest absolute Gasteiger partial charge is 0.383 e. The third kappa shape index (κ3) is 2.14. The zero-order valence-electron chi connectivity index (χ0n) is 10.7. The summed E-state index contributed by atoms with van der Waals surface area (Å²) in [5, 5.41) is 0. The number of aromatic nitrogens is 4. The van der Waals surface area contributed by atoms with Gasteiger partial charge in [0.25, 0.3) is 0 Å². The molecule has 4 N–H and O–H groups in total. The molecule has 6 nitrogen and oxygen atoms in total. The van der Waals surface area contributed by atoms with Crippen molar-refractivity contribution in [2.75, 3.05) is 11.5 Å². The molecule has 0 atom stereocenters. The lowest BCUT2D eigenvalue weighted by Gasteiger charge is -1.91. The van der Waals surface area contributed by atoms with Crippen LogP contribution in [0.1, 0.15) is 0 Å². The topological polar surface area (TPSA) is 86.6 Å². The van der Waals surface area contributed by atoms with Gasteiger partial charge < -0.3 is 11.5 Å². The molecule has 0 fully saturated rings. The summed E-state index contributed by atoms with van der Waals surface area (Å²) in [7, 11) is 0. The Labute approximate surface area is 115 Å². The van der Waals surface area contributed by atoms with E-state index in [0.29, 0.717) is 11.6 Å². The van der Waals surface area contributed by atoms with Crippen LogP contribution in [0.2, 0.25) is 0 Å². The fourth-order valence-corrected chi connectivity index (χ4v) is 1.90. The number of hydrogen-bond acceptors (Lipinski definition) is 4. The second-order valence-corrected chi connectivity index (χ2v) is 4.22. The normalized spacial score (nSPS) is 10.4. The Kier molecular flexibility index (Phi) is 2.96. The lowest BCUT2D eigenvalue weighted by molar-refractivity contribution is 1.20. The maximum absolute atomic E-state index is 5.58. The first-order chi connectivity index (χ1) is 9.75. The minimum absolute atomic E-state index is 0.676. The summed E-state index contributed by atoms with van der Waals surface area (Å²) >= 11 is 0. The fraction of sp³-hybridized carbons (Fsp3) is 0. The summed E-state index contributed by atoms with van der Waals surface area (Å²) in [5.41, 5.74) is 12.9. The maximum atomic E-state index is 5.58. The third-order valence-electron chi connectivity index (χ3n) is 2.89. The van der Waals surface area contributed by atoms with Crippen LogP contribution < -0.4 is 11.5 Å². The second-order valence-electron chi connectivity index (χ2n) is 4.22. The Balaban J connectivity index is 0.000000121. The van der Waals surface area contributed by atoms with Gasteiger partial charge in [-0.2, -0.15) is 0 Å². The molecule has 4 heterocycles. The van der Waals surface area contributed by atoms with Crippen molar-refractivity contribution in [3.05, 3.63) is 61.2 Å². The van der Waals surface area contributed by atoms with Crippen molar-refractivity contribution >= 4 is 22.9 Å². The molecule has 0 saturated carbocycles. The van der Waals surface area contributed by atoms with Crippen molar-refractivity contribution < 1.29 is 0 Å². The van der Waals surface area contributed by atoms with Crippen LogP contribution in [0.25, 0.3) is 11.3 Å². The molecule has 100 valence electrons. The molecule has 4 aromatic heterocycles. The number of anilines is 2. The number of nitrogen functional groups attached to an aromatic ring is 2. The summed E-state index contributed by atoms with van der Waals surface area (Å²) in [4.78, 5) is 8.11. The van der Waals surface area contributed by atoms with Crippen LogP contribution in [0.4, 0.5) is 11.6 Å². The Morgan fingerprint density at radius 1 is 0.700 bits per heavy atom. The van der Waals surface area contributed by atoms with Crippen LogP contribution in [0.3, 0.4) is 0 Å². The lowest BCUT2D eigenvalue weighted by Crippen LogP contribution is -1.90. The van der Waals surface area contributed by atoms with Crippen LogP contribution in [-0.4, -0.2) is 18.8 Å². The van der Waals surface area contributed by atoms with Crippen molar-refractivity contribution in [2.24, 2.45) is 0 Å². The van der Waals surface area contributed by atoms with Crippen LogP contribution in [0.15, 0.2) is 61.2 Å². The van der Waals surface area contributed by atoms with Gasteiger partial charge in [0.2, 0.25) is 0 Å². The van der Waals surface area contributed by atoms with E-state index < -0.39 is 0 Å². The predicted molar refractivity (Wildman–Crippen MR) is 79.2 cm³/mol. The van der Waals surface area contributed by atoms with Crippen LogP contribution in [-0.2, 0) is 0 Å². The van der Waals surface area contributed by atoms with Crippen LogP contribution >= 0.6 is 0 Å². The van der Waals surface area contributed by atoms with Gasteiger partial charge in [-0.3, -0.25) is 8.80 Å². The molecule has 0 amide bonds. The predicted octanol–water partition coefficient (Wildman–Crippen LogP) is 1.83. The van der Waals surface area contributed by atoms with Crippen molar-refractivity contribution in [3.8, 4) is 0 Å². The summed E-state index contributed by atoms with van der Waals surface area (Å²) < 4.78 is 3.67. The van der Waals surface area contributed by atoms with E-state index in [1.807, 2.05) is 57.6 Å². The molecular formula is C14H14N6. The number of hydrogen-bond donors (Lipinski definition) is 2. The molecule has 0 saturated heterocycles. The Morgan fingerprint density at radius 2 is 1.15 bits per heavy atom. The van der Waals surface area contributed by atoms with Gasteiger partial charge in [-0.1, -0.05) is 12.1 Å². The maximum Gasteiger partial charge on any atom is 0.138 e. The van der Waals surface area contributed by atoms with Gasteiger partial charge in [0.15, 0.2) is 0 Å². The molecule has 0 aromatic carbocycles.